The molecule has 3 aromatic heterocycles. The van der Waals surface area contributed by atoms with Crippen LogP contribution in [0.15, 0.2) is 42.7 Å². The fourth-order valence-electron chi connectivity index (χ4n) is 6.09. The molecule has 2 fully saturated rings. The summed E-state index contributed by atoms with van der Waals surface area (Å²) in [6, 6.07) is 11.9. The molecule has 0 aromatic carbocycles. The van der Waals surface area contributed by atoms with Crippen LogP contribution in [-0.4, -0.2) is 52.0 Å². The monoisotopic (exact) mass is 416 g/mol. The summed E-state index contributed by atoms with van der Waals surface area (Å²) in [4.78, 5) is 15.0. The van der Waals surface area contributed by atoms with Crippen LogP contribution < -0.4 is 10.2 Å². The minimum atomic E-state index is 0.443. The van der Waals surface area contributed by atoms with Crippen molar-refractivity contribution in [2.75, 3.05) is 31.6 Å². The number of anilines is 1. The van der Waals surface area contributed by atoms with Gasteiger partial charge in [-0.15, -0.1) is 0 Å². The van der Waals surface area contributed by atoms with Crippen molar-refractivity contribution in [1.29, 1.82) is 0 Å². The van der Waals surface area contributed by atoms with Crippen molar-refractivity contribution in [2.45, 2.75) is 50.7 Å². The highest BCUT2D eigenvalue weighted by atomic mass is 15.3. The van der Waals surface area contributed by atoms with Gasteiger partial charge in [0.1, 0.15) is 11.5 Å². The highest BCUT2D eigenvalue weighted by molar-refractivity contribution is 5.53. The molecule has 0 bridgehead atoms. The van der Waals surface area contributed by atoms with Gasteiger partial charge in [0.2, 0.25) is 0 Å². The third kappa shape index (κ3) is 3.42. The number of pyridine rings is 2. The Kier molecular flexibility index (Phi) is 4.92. The smallest absolute Gasteiger partial charge is 0.138 e. The SMILES string of the molecule is CNC1CCN(c2cccc3nc(CN4CCC[C@H]5CCc6cccnc6[C@H]54)cn23)C1. The number of nitrogens with one attached hydrogen (secondary N) is 1. The molecule has 1 unspecified atom stereocenters. The molecule has 3 aliphatic rings. The van der Waals surface area contributed by atoms with Gasteiger partial charge in [0.15, 0.2) is 0 Å². The molecule has 3 atom stereocenters. The fourth-order valence-corrected chi connectivity index (χ4v) is 6.09. The maximum atomic E-state index is 5.03. The molecule has 6 rings (SSSR count). The Morgan fingerprint density at radius 2 is 2.06 bits per heavy atom. The van der Waals surface area contributed by atoms with Gasteiger partial charge in [-0.05, 0) is 75.4 Å². The Balaban J connectivity index is 1.30. The van der Waals surface area contributed by atoms with E-state index < -0.39 is 0 Å². The van der Waals surface area contributed by atoms with E-state index in [9.17, 15) is 0 Å². The Morgan fingerprint density at radius 1 is 1.10 bits per heavy atom. The predicted molar refractivity (Wildman–Crippen MR) is 123 cm³/mol. The molecule has 31 heavy (non-hydrogen) atoms. The van der Waals surface area contributed by atoms with Crippen molar-refractivity contribution >= 4 is 11.5 Å². The topological polar surface area (TPSA) is 48.7 Å². The summed E-state index contributed by atoms with van der Waals surface area (Å²) in [5.41, 5.74) is 4.98. The number of aryl methyl sites for hydroxylation is 1. The van der Waals surface area contributed by atoms with E-state index >= 15 is 0 Å². The highest BCUT2D eigenvalue weighted by Gasteiger charge is 2.37. The second-order valence-electron chi connectivity index (χ2n) is 9.47. The third-order valence-corrected chi connectivity index (χ3v) is 7.66. The third-order valence-electron chi connectivity index (χ3n) is 7.66. The molecule has 0 radical (unpaired) electrons. The number of likely N-dealkylation sites (tertiary alicyclic amines) is 1. The minimum absolute atomic E-state index is 0.443. The number of imidazole rings is 1. The fraction of sp³-hybridized carbons (Fsp3) is 0.520. The zero-order valence-corrected chi connectivity index (χ0v) is 18.4. The number of nitrogens with zero attached hydrogens (tertiary/aromatic N) is 5. The van der Waals surface area contributed by atoms with E-state index in [1.165, 1.54) is 54.9 Å². The number of likely N-dealkylation sites (N-methyl/N-ethyl adjacent to an activating group) is 1. The van der Waals surface area contributed by atoms with Gasteiger partial charge in [-0.3, -0.25) is 14.3 Å². The van der Waals surface area contributed by atoms with E-state index in [2.05, 4.69) is 63.1 Å². The molecule has 5 heterocycles. The average molecular weight is 417 g/mol. The molecule has 162 valence electrons. The largest absolute Gasteiger partial charge is 0.356 e. The van der Waals surface area contributed by atoms with E-state index in [1.54, 1.807) is 0 Å². The quantitative estimate of drug-likeness (QED) is 0.706. The van der Waals surface area contributed by atoms with E-state index in [0.29, 0.717) is 12.1 Å². The van der Waals surface area contributed by atoms with Crippen LogP contribution in [0.4, 0.5) is 5.82 Å². The predicted octanol–water partition coefficient (Wildman–Crippen LogP) is 3.43. The summed E-state index contributed by atoms with van der Waals surface area (Å²) < 4.78 is 2.29. The summed E-state index contributed by atoms with van der Waals surface area (Å²) in [6.45, 7) is 4.18. The Hall–Kier alpha value is -2.44. The summed E-state index contributed by atoms with van der Waals surface area (Å²) in [5.74, 6) is 1.99. The van der Waals surface area contributed by atoms with E-state index in [4.69, 9.17) is 9.97 Å². The highest BCUT2D eigenvalue weighted by Crippen LogP contribution is 2.43. The van der Waals surface area contributed by atoms with Gasteiger partial charge in [0.05, 0.1) is 17.4 Å². The standard InChI is InChI=1S/C25H32N6/c1-26-20-11-14-29(15-20)23-8-2-7-22-28-21(17-31(22)23)16-30-13-4-6-19-10-9-18-5-3-12-27-24(18)25(19)30/h2-3,5,7-8,12,17,19-20,25-26H,4,6,9-11,13-16H2,1H3/t19-,20?,25-/m0/s1. The molecular weight excluding hydrogens is 384 g/mol. The zero-order chi connectivity index (χ0) is 20.8. The lowest BCUT2D eigenvalue weighted by Gasteiger charge is -2.44. The van der Waals surface area contributed by atoms with Crippen LogP contribution in [-0.2, 0) is 13.0 Å². The molecule has 2 aliphatic heterocycles. The van der Waals surface area contributed by atoms with Crippen molar-refractivity contribution in [3.63, 3.8) is 0 Å². The number of piperidine rings is 1. The first-order valence-electron chi connectivity index (χ1n) is 11.9. The van der Waals surface area contributed by atoms with Crippen LogP contribution in [0.5, 0.6) is 0 Å². The molecule has 6 heteroatoms. The summed E-state index contributed by atoms with van der Waals surface area (Å²) in [6.07, 6.45) is 10.5. The van der Waals surface area contributed by atoms with Gasteiger partial charge >= 0.3 is 0 Å². The molecule has 0 saturated carbocycles. The number of aromatic nitrogens is 3. The number of fused-ring (bicyclic) bond motifs is 4. The van der Waals surface area contributed by atoms with Gasteiger partial charge in [-0.2, -0.15) is 0 Å². The van der Waals surface area contributed by atoms with Crippen molar-refractivity contribution < 1.29 is 0 Å². The van der Waals surface area contributed by atoms with Gasteiger partial charge in [0, 0.05) is 38.1 Å². The summed E-state index contributed by atoms with van der Waals surface area (Å²) >= 11 is 0. The van der Waals surface area contributed by atoms with Gasteiger partial charge in [-0.25, -0.2) is 4.98 Å². The molecule has 0 spiro atoms. The van der Waals surface area contributed by atoms with Gasteiger partial charge < -0.3 is 10.2 Å². The lowest BCUT2D eigenvalue weighted by Crippen LogP contribution is -2.41. The maximum absolute atomic E-state index is 5.03. The molecule has 6 nitrogen and oxygen atoms in total. The van der Waals surface area contributed by atoms with Gasteiger partial charge in [-0.1, -0.05) is 12.1 Å². The first-order chi connectivity index (χ1) is 15.3. The first-order valence-corrected chi connectivity index (χ1v) is 11.9. The number of hydrogen-bond donors (Lipinski definition) is 1. The number of hydrogen-bond acceptors (Lipinski definition) is 5. The van der Waals surface area contributed by atoms with E-state index in [1.807, 2.05) is 6.20 Å². The second-order valence-corrected chi connectivity index (χ2v) is 9.47. The van der Waals surface area contributed by atoms with Crippen molar-refractivity contribution in [1.82, 2.24) is 24.6 Å². The maximum Gasteiger partial charge on any atom is 0.138 e. The lowest BCUT2D eigenvalue weighted by molar-refractivity contribution is 0.0687. The molecule has 3 aromatic rings. The molecule has 1 aliphatic carbocycles. The Bertz CT molecular complexity index is 1070. The van der Waals surface area contributed by atoms with Crippen LogP contribution in [0.25, 0.3) is 5.65 Å². The molecule has 0 amide bonds. The van der Waals surface area contributed by atoms with E-state index in [-0.39, 0.29) is 0 Å². The van der Waals surface area contributed by atoms with Crippen molar-refractivity contribution in [3.05, 3.63) is 59.7 Å². The molecule has 2 saturated heterocycles. The lowest BCUT2D eigenvalue weighted by atomic mass is 9.77. The van der Waals surface area contributed by atoms with Crippen LogP contribution in [0, 0.1) is 5.92 Å². The zero-order valence-electron chi connectivity index (χ0n) is 18.4. The summed E-state index contributed by atoms with van der Waals surface area (Å²) in [7, 11) is 2.06. The first kappa shape index (κ1) is 19.3. The van der Waals surface area contributed by atoms with Crippen molar-refractivity contribution in [2.24, 2.45) is 5.92 Å². The normalized spacial score (nSPS) is 26.2. The minimum Gasteiger partial charge on any atom is -0.356 e. The number of rotatable bonds is 4. The van der Waals surface area contributed by atoms with E-state index in [0.717, 1.165) is 37.7 Å². The van der Waals surface area contributed by atoms with Crippen LogP contribution >= 0.6 is 0 Å². The second kappa shape index (κ2) is 7.92. The van der Waals surface area contributed by atoms with Crippen LogP contribution in [0.3, 0.4) is 0 Å². The molecular formula is C25H32N6. The summed E-state index contributed by atoms with van der Waals surface area (Å²) in [5, 5.41) is 3.43. The average Bonchev–Trinajstić information content (AvgIpc) is 3.45. The van der Waals surface area contributed by atoms with Crippen LogP contribution in [0.2, 0.25) is 0 Å². The van der Waals surface area contributed by atoms with Gasteiger partial charge in [0.25, 0.3) is 0 Å². The van der Waals surface area contributed by atoms with Crippen molar-refractivity contribution in [3.8, 4) is 0 Å². The Morgan fingerprint density at radius 3 is 2.97 bits per heavy atom. The molecule has 1 N–H and O–H groups in total. The Labute approximate surface area is 184 Å². The van der Waals surface area contributed by atoms with Crippen LogP contribution in [0.1, 0.15) is 48.7 Å².